The molecule has 1 nitrogen and oxygen atoms in total. The van der Waals surface area contributed by atoms with Gasteiger partial charge in [0.15, 0.2) is 0 Å². The lowest BCUT2D eigenvalue weighted by Crippen LogP contribution is -2.20. The Morgan fingerprint density at radius 3 is 2.58 bits per heavy atom. The molecule has 1 rings (SSSR count). The van der Waals surface area contributed by atoms with Crippen molar-refractivity contribution in [3.63, 3.8) is 0 Å². The van der Waals surface area contributed by atoms with E-state index in [9.17, 15) is 0 Å². The standard InChI is InChI=1S/C11H21N/c1-3-6-11(2)7-10-12-8-4-5-9-12/h6H,3-5,7-10H2,1-2H3/b11-6+. The predicted molar refractivity (Wildman–Crippen MR) is 54.3 cm³/mol. The number of allylic oxidation sites excluding steroid dienone is 1. The summed E-state index contributed by atoms with van der Waals surface area (Å²) in [5.41, 5.74) is 1.56. The molecule has 0 unspecified atom stereocenters. The van der Waals surface area contributed by atoms with Crippen molar-refractivity contribution in [3.05, 3.63) is 11.6 Å². The molecule has 1 fully saturated rings. The van der Waals surface area contributed by atoms with Crippen molar-refractivity contribution < 1.29 is 0 Å². The minimum Gasteiger partial charge on any atom is -0.303 e. The van der Waals surface area contributed by atoms with E-state index in [1.165, 1.54) is 45.3 Å². The first-order chi connectivity index (χ1) is 5.83. The molecule has 1 heteroatoms. The van der Waals surface area contributed by atoms with Crippen LogP contribution in [-0.4, -0.2) is 24.5 Å². The van der Waals surface area contributed by atoms with Crippen molar-refractivity contribution in [1.82, 2.24) is 4.90 Å². The molecule has 1 saturated heterocycles. The van der Waals surface area contributed by atoms with E-state index in [2.05, 4.69) is 24.8 Å². The Kier molecular flexibility index (Phi) is 4.37. The first kappa shape index (κ1) is 9.79. The van der Waals surface area contributed by atoms with E-state index in [1.807, 2.05) is 0 Å². The maximum Gasteiger partial charge on any atom is 0.00185 e. The second kappa shape index (κ2) is 5.36. The van der Waals surface area contributed by atoms with E-state index in [4.69, 9.17) is 0 Å². The number of likely N-dealkylation sites (tertiary alicyclic amines) is 1. The fourth-order valence-electron chi connectivity index (χ4n) is 1.79. The van der Waals surface area contributed by atoms with Crippen molar-refractivity contribution >= 4 is 0 Å². The van der Waals surface area contributed by atoms with Crippen molar-refractivity contribution in [2.45, 2.75) is 39.5 Å². The summed E-state index contributed by atoms with van der Waals surface area (Å²) in [5, 5.41) is 0. The lowest BCUT2D eigenvalue weighted by Gasteiger charge is -2.14. The zero-order valence-corrected chi connectivity index (χ0v) is 8.47. The van der Waals surface area contributed by atoms with Gasteiger partial charge in [-0.2, -0.15) is 0 Å². The molecule has 0 atom stereocenters. The van der Waals surface area contributed by atoms with Crippen LogP contribution in [0, 0.1) is 0 Å². The van der Waals surface area contributed by atoms with Crippen LogP contribution in [0.1, 0.15) is 39.5 Å². The molecule has 1 aliphatic rings. The normalized spacial score (nSPS) is 20.3. The van der Waals surface area contributed by atoms with Crippen LogP contribution in [0.2, 0.25) is 0 Å². The van der Waals surface area contributed by atoms with Gasteiger partial charge in [-0.15, -0.1) is 0 Å². The monoisotopic (exact) mass is 167 g/mol. The summed E-state index contributed by atoms with van der Waals surface area (Å²) in [5.74, 6) is 0. The van der Waals surface area contributed by atoms with E-state index in [1.54, 1.807) is 5.57 Å². The highest BCUT2D eigenvalue weighted by atomic mass is 15.1. The lowest BCUT2D eigenvalue weighted by atomic mass is 10.2. The molecule has 12 heavy (non-hydrogen) atoms. The van der Waals surface area contributed by atoms with Gasteiger partial charge < -0.3 is 4.90 Å². The second-order valence-corrected chi connectivity index (χ2v) is 3.76. The Labute approximate surface area is 76.5 Å². The van der Waals surface area contributed by atoms with E-state index in [-0.39, 0.29) is 0 Å². The zero-order chi connectivity index (χ0) is 8.81. The quantitative estimate of drug-likeness (QED) is 0.582. The topological polar surface area (TPSA) is 3.24 Å². The Balaban J connectivity index is 2.11. The molecular weight excluding hydrogens is 146 g/mol. The van der Waals surface area contributed by atoms with Gasteiger partial charge >= 0.3 is 0 Å². The fraction of sp³-hybridized carbons (Fsp3) is 0.818. The summed E-state index contributed by atoms with van der Waals surface area (Å²) in [4.78, 5) is 2.58. The molecule has 0 amide bonds. The first-order valence-electron chi connectivity index (χ1n) is 5.21. The Morgan fingerprint density at radius 1 is 1.33 bits per heavy atom. The van der Waals surface area contributed by atoms with Crippen LogP contribution in [0.3, 0.4) is 0 Å². The maximum absolute atomic E-state index is 2.58. The SMILES string of the molecule is CC/C=C(\C)CCN1CCCC1. The number of hydrogen-bond acceptors (Lipinski definition) is 1. The van der Waals surface area contributed by atoms with Gasteiger partial charge in [0.2, 0.25) is 0 Å². The molecule has 0 bridgehead atoms. The van der Waals surface area contributed by atoms with Gasteiger partial charge in [-0.05, 0) is 45.7 Å². The molecular formula is C11H21N. The molecule has 1 heterocycles. The largest absolute Gasteiger partial charge is 0.303 e. The third-order valence-corrected chi connectivity index (χ3v) is 2.57. The highest BCUT2D eigenvalue weighted by Crippen LogP contribution is 2.10. The molecule has 0 aromatic heterocycles. The number of rotatable bonds is 4. The van der Waals surface area contributed by atoms with Crippen LogP contribution in [-0.2, 0) is 0 Å². The summed E-state index contributed by atoms with van der Waals surface area (Å²) in [7, 11) is 0. The maximum atomic E-state index is 2.58. The second-order valence-electron chi connectivity index (χ2n) is 3.76. The van der Waals surface area contributed by atoms with Crippen LogP contribution in [0.25, 0.3) is 0 Å². The van der Waals surface area contributed by atoms with Gasteiger partial charge in [0.1, 0.15) is 0 Å². The minimum atomic E-state index is 1.19. The molecule has 0 aromatic rings. The molecule has 0 radical (unpaired) electrons. The van der Waals surface area contributed by atoms with Gasteiger partial charge in [0.05, 0.1) is 0 Å². The van der Waals surface area contributed by atoms with E-state index < -0.39 is 0 Å². The van der Waals surface area contributed by atoms with Crippen LogP contribution >= 0.6 is 0 Å². The molecule has 0 aliphatic carbocycles. The van der Waals surface area contributed by atoms with Crippen molar-refractivity contribution in [1.29, 1.82) is 0 Å². The van der Waals surface area contributed by atoms with Crippen LogP contribution in [0.4, 0.5) is 0 Å². The third kappa shape index (κ3) is 3.40. The van der Waals surface area contributed by atoms with E-state index >= 15 is 0 Å². The average molecular weight is 167 g/mol. The lowest BCUT2D eigenvalue weighted by molar-refractivity contribution is 0.343. The smallest absolute Gasteiger partial charge is 0.00185 e. The molecule has 0 spiro atoms. The van der Waals surface area contributed by atoms with Crippen LogP contribution < -0.4 is 0 Å². The highest BCUT2D eigenvalue weighted by molar-refractivity contribution is 4.97. The molecule has 1 aliphatic heterocycles. The number of hydrogen-bond donors (Lipinski definition) is 0. The summed E-state index contributed by atoms with van der Waals surface area (Å²) in [6.07, 6.45) is 7.63. The Morgan fingerprint density at radius 2 is 2.00 bits per heavy atom. The molecule has 0 aromatic carbocycles. The zero-order valence-electron chi connectivity index (χ0n) is 8.47. The third-order valence-electron chi connectivity index (χ3n) is 2.57. The molecule has 0 saturated carbocycles. The summed E-state index contributed by atoms with van der Waals surface area (Å²) in [6.45, 7) is 8.40. The molecule has 0 N–H and O–H groups in total. The van der Waals surface area contributed by atoms with Gasteiger partial charge in [-0.3, -0.25) is 0 Å². The van der Waals surface area contributed by atoms with Crippen molar-refractivity contribution in [2.75, 3.05) is 19.6 Å². The summed E-state index contributed by atoms with van der Waals surface area (Å²) >= 11 is 0. The summed E-state index contributed by atoms with van der Waals surface area (Å²) < 4.78 is 0. The van der Waals surface area contributed by atoms with Gasteiger partial charge in [-0.1, -0.05) is 18.6 Å². The van der Waals surface area contributed by atoms with E-state index in [0.29, 0.717) is 0 Å². The van der Waals surface area contributed by atoms with Gasteiger partial charge in [-0.25, -0.2) is 0 Å². The van der Waals surface area contributed by atoms with Gasteiger partial charge in [0.25, 0.3) is 0 Å². The van der Waals surface area contributed by atoms with Gasteiger partial charge in [0, 0.05) is 6.54 Å². The highest BCUT2D eigenvalue weighted by Gasteiger charge is 2.10. The minimum absolute atomic E-state index is 1.19. The average Bonchev–Trinajstić information content (AvgIpc) is 2.53. The number of nitrogens with zero attached hydrogens (tertiary/aromatic N) is 1. The Hall–Kier alpha value is -0.300. The van der Waals surface area contributed by atoms with Crippen molar-refractivity contribution in [2.24, 2.45) is 0 Å². The van der Waals surface area contributed by atoms with Crippen molar-refractivity contribution in [3.8, 4) is 0 Å². The molecule has 70 valence electrons. The summed E-state index contributed by atoms with van der Waals surface area (Å²) in [6, 6.07) is 0. The van der Waals surface area contributed by atoms with Crippen LogP contribution in [0.15, 0.2) is 11.6 Å². The van der Waals surface area contributed by atoms with E-state index in [0.717, 1.165) is 0 Å². The Bertz CT molecular complexity index is 143. The fourth-order valence-corrected chi connectivity index (χ4v) is 1.79. The first-order valence-corrected chi connectivity index (χ1v) is 5.21. The van der Waals surface area contributed by atoms with Crippen LogP contribution in [0.5, 0.6) is 0 Å². The predicted octanol–water partition coefficient (Wildman–Crippen LogP) is 2.83.